The molecule has 21 heavy (non-hydrogen) atoms. The van der Waals surface area contributed by atoms with Gasteiger partial charge in [-0.05, 0) is 68.4 Å². The first kappa shape index (κ1) is 15.7. The van der Waals surface area contributed by atoms with E-state index in [4.69, 9.17) is 0 Å². The van der Waals surface area contributed by atoms with Crippen molar-refractivity contribution in [3.8, 4) is 6.07 Å². The molecule has 0 saturated carbocycles. The van der Waals surface area contributed by atoms with Crippen molar-refractivity contribution in [1.29, 1.82) is 5.26 Å². The fourth-order valence-corrected chi connectivity index (χ4v) is 2.58. The molecule has 3 nitrogen and oxygen atoms in total. The quantitative estimate of drug-likeness (QED) is 0.420. The van der Waals surface area contributed by atoms with Crippen LogP contribution in [0.4, 0.5) is 5.69 Å². The summed E-state index contributed by atoms with van der Waals surface area (Å²) in [5.41, 5.74) is 1.54. The van der Waals surface area contributed by atoms with Crippen LogP contribution in [0.15, 0.2) is 58.6 Å². The SMILES string of the molecule is N#C/C(=C/c1ccccc1I)C(=O)Nc1ccccc1Br. The van der Waals surface area contributed by atoms with Gasteiger partial charge in [-0.25, -0.2) is 0 Å². The molecule has 0 radical (unpaired) electrons. The molecule has 104 valence electrons. The average Bonchev–Trinajstić information content (AvgIpc) is 2.48. The van der Waals surface area contributed by atoms with Crippen LogP contribution < -0.4 is 5.32 Å². The molecule has 2 aromatic carbocycles. The van der Waals surface area contributed by atoms with Crippen molar-refractivity contribution in [3.05, 3.63) is 67.7 Å². The predicted molar refractivity (Wildman–Crippen MR) is 95.5 cm³/mol. The van der Waals surface area contributed by atoms with Gasteiger partial charge >= 0.3 is 0 Å². The maximum atomic E-state index is 12.2. The largest absolute Gasteiger partial charge is 0.320 e. The van der Waals surface area contributed by atoms with Crippen molar-refractivity contribution in [2.45, 2.75) is 0 Å². The molecule has 0 fully saturated rings. The number of carbonyl (C=O) groups is 1. The van der Waals surface area contributed by atoms with Gasteiger partial charge in [0.15, 0.2) is 0 Å². The van der Waals surface area contributed by atoms with Gasteiger partial charge in [0.2, 0.25) is 0 Å². The molecule has 0 aliphatic heterocycles. The molecule has 0 aromatic heterocycles. The van der Waals surface area contributed by atoms with Crippen molar-refractivity contribution < 1.29 is 4.79 Å². The maximum Gasteiger partial charge on any atom is 0.266 e. The highest BCUT2D eigenvalue weighted by molar-refractivity contribution is 14.1. The Labute approximate surface area is 144 Å². The zero-order valence-corrected chi connectivity index (χ0v) is 14.6. The van der Waals surface area contributed by atoms with E-state index in [0.717, 1.165) is 13.6 Å². The molecule has 1 amide bonds. The summed E-state index contributed by atoms with van der Waals surface area (Å²) < 4.78 is 1.75. The van der Waals surface area contributed by atoms with Gasteiger partial charge in [0.1, 0.15) is 11.6 Å². The summed E-state index contributed by atoms with van der Waals surface area (Å²) in [5, 5.41) is 11.9. The number of halogens is 2. The average molecular weight is 453 g/mol. The fraction of sp³-hybridized carbons (Fsp3) is 0. The maximum absolute atomic E-state index is 12.2. The number of benzene rings is 2. The summed E-state index contributed by atoms with van der Waals surface area (Å²) in [6.45, 7) is 0. The minimum atomic E-state index is -0.427. The summed E-state index contributed by atoms with van der Waals surface area (Å²) in [6, 6.07) is 16.8. The van der Waals surface area contributed by atoms with E-state index in [-0.39, 0.29) is 5.57 Å². The molecular weight excluding hydrogens is 443 g/mol. The number of hydrogen-bond acceptors (Lipinski definition) is 2. The Morgan fingerprint density at radius 2 is 1.86 bits per heavy atom. The molecule has 0 heterocycles. The second-order valence-corrected chi connectivity index (χ2v) is 6.14. The van der Waals surface area contributed by atoms with Crippen molar-refractivity contribution in [3.63, 3.8) is 0 Å². The zero-order chi connectivity index (χ0) is 15.2. The Bertz CT molecular complexity index is 750. The number of para-hydroxylation sites is 1. The van der Waals surface area contributed by atoms with E-state index >= 15 is 0 Å². The van der Waals surface area contributed by atoms with Gasteiger partial charge in [-0.15, -0.1) is 0 Å². The number of amides is 1. The Morgan fingerprint density at radius 3 is 2.52 bits per heavy atom. The predicted octanol–water partition coefficient (Wildman–Crippen LogP) is 4.60. The van der Waals surface area contributed by atoms with Gasteiger partial charge in [0.25, 0.3) is 5.91 Å². The summed E-state index contributed by atoms with van der Waals surface area (Å²) in [5.74, 6) is -0.427. The van der Waals surface area contributed by atoms with Crippen molar-refractivity contribution in [2.75, 3.05) is 5.32 Å². The minimum Gasteiger partial charge on any atom is -0.320 e. The van der Waals surface area contributed by atoms with Gasteiger partial charge in [-0.1, -0.05) is 30.3 Å². The first-order valence-corrected chi connectivity index (χ1v) is 7.91. The van der Waals surface area contributed by atoms with Gasteiger partial charge in [-0.3, -0.25) is 4.79 Å². The minimum absolute atomic E-state index is 0.0647. The van der Waals surface area contributed by atoms with E-state index < -0.39 is 5.91 Å². The summed E-state index contributed by atoms with van der Waals surface area (Å²) in [6.07, 6.45) is 1.59. The molecule has 0 saturated heterocycles. The number of carbonyl (C=O) groups excluding carboxylic acids is 1. The number of nitrogens with zero attached hydrogens (tertiary/aromatic N) is 1. The normalized spacial score (nSPS) is 10.8. The number of nitrogens with one attached hydrogen (secondary N) is 1. The molecule has 0 bridgehead atoms. The summed E-state index contributed by atoms with van der Waals surface area (Å²) >= 11 is 5.53. The standard InChI is InChI=1S/C16H10BrIN2O/c17-13-6-2-4-8-15(13)20-16(21)12(10-19)9-11-5-1-3-7-14(11)18/h1-9H,(H,20,21)/b12-9-. The third-order valence-corrected chi connectivity index (χ3v) is 4.37. The van der Waals surface area contributed by atoms with Crippen LogP contribution >= 0.6 is 38.5 Å². The molecular formula is C16H10BrIN2O. The van der Waals surface area contributed by atoms with Crippen LogP contribution in [0.2, 0.25) is 0 Å². The topological polar surface area (TPSA) is 52.9 Å². The van der Waals surface area contributed by atoms with Gasteiger partial charge in [-0.2, -0.15) is 5.26 Å². The number of rotatable bonds is 3. The molecule has 0 atom stereocenters. The van der Waals surface area contributed by atoms with Crippen LogP contribution in [0.1, 0.15) is 5.56 Å². The van der Waals surface area contributed by atoms with Crippen LogP contribution in [-0.4, -0.2) is 5.91 Å². The molecule has 5 heteroatoms. The van der Waals surface area contributed by atoms with E-state index in [9.17, 15) is 10.1 Å². The third-order valence-electron chi connectivity index (χ3n) is 2.69. The van der Waals surface area contributed by atoms with Crippen LogP contribution in [0, 0.1) is 14.9 Å². The van der Waals surface area contributed by atoms with Crippen molar-refractivity contribution in [1.82, 2.24) is 0 Å². The highest BCUT2D eigenvalue weighted by Crippen LogP contribution is 2.22. The Balaban J connectivity index is 2.26. The molecule has 2 aromatic rings. The lowest BCUT2D eigenvalue weighted by molar-refractivity contribution is -0.112. The number of nitriles is 1. The lowest BCUT2D eigenvalue weighted by Gasteiger charge is -2.06. The fourth-order valence-electron chi connectivity index (χ4n) is 1.65. The second kappa shape index (κ2) is 7.38. The van der Waals surface area contributed by atoms with Crippen molar-refractivity contribution in [2.24, 2.45) is 0 Å². The monoisotopic (exact) mass is 452 g/mol. The van der Waals surface area contributed by atoms with Crippen molar-refractivity contribution >= 4 is 56.2 Å². The second-order valence-electron chi connectivity index (χ2n) is 4.13. The zero-order valence-electron chi connectivity index (χ0n) is 10.8. The number of hydrogen-bond donors (Lipinski definition) is 1. The highest BCUT2D eigenvalue weighted by Gasteiger charge is 2.11. The highest BCUT2D eigenvalue weighted by atomic mass is 127. The molecule has 2 rings (SSSR count). The van der Waals surface area contributed by atoms with Gasteiger partial charge in [0, 0.05) is 8.04 Å². The van der Waals surface area contributed by atoms with E-state index in [0.29, 0.717) is 5.69 Å². The lowest BCUT2D eigenvalue weighted by Crippen LogP contribution is -2.13. The van der Waals surface area contributed by atoms with Crippen LogP contribution in [-0.2, 0) is 4.79 Å². The molecule has 1 N–H and O–H groups in total. The Kier molecular flexibility index (Phi) is 5.53. The summed E-state index contributed by atoms with van der Waals surface area (Å²) in [7, 11) is 0. The summed E-state index contributed by atoms with van der Waals surface area (Å²) in [4.78, 5) is 12.2. The van der Waals surface area contributed by atoms with E-state index in [1.54, 1.807) is 12.1 Å². The smallest absolute Gasteiger partial charge is 0.266 e. The first-order chi connectivity index (χ1) is 10.1. The van der Waals surface area contributed by atoms with E-state index in [1.165, 1.54) is 0 Å². The van der Waals surface area contributed by atoms with E-state index in [2.05, 4.69) is 43.8 Å². The van der Waals surface area contributed by atoms with Gasteiger partial charge < -0.3 is 5.32 Å². The lowest BCUT2D eigenvalue weighted by atomic mass is 10.1. The number of anilines is 1. The Morgan fingerprint density at radius 1 is 1.19 bits per heavy atom. The molecule has 0 aliphatic carbocycles. The third kappa shape index (κ3) is 4.16. The molecule has 0 spiro atoms. The molecule has 0 unspecified atom stereocenters. The molecule has 0 aliphatic rings. The Hall–Kier alpha value is -1.65. The first-order valence-electron chi connectivity index (χ1n) is 6.04. The van der Waals surface area contributed by atoms with Crippen LogP contribution in [0.25, 0.3) is 6.08 Å². The van der Waals surface area contributed by atoms with Crippen LogP contribution in [0.5, 0.6) is 0 Å². The van der Waals surface area contributed by atoms with E-state index in [1.807, 2.05) is 48.5 Å². The van der Waals surface area contributed by atoms with Gasteiger partial charge in [0.05, 0.1) is 5.69 Å². The van der Waals surface area contributed by atoms with Crippen LogP contribution in [0.3, 0.4) is 0 Å².